The Morgan fingerprint density at radius 3 is 2.80 bits per heavy atom. The van der Waals surface area contributed by atoms with Crippen molar-refractivity contribution in [2.75, 3.05) is 0 Å². The number of carboxylic acids is 1. The Bertz CT molecular complexity index is 491. The lowest BCUT2D eigenvalue weighted by atomic mass is 10.2. The van der Waals surface area contributed by atoms with E-state index in [4.69, 9.17) is 5.11 Å². The minimum atomic E-state index is -1.16. The molecule has 2 aromatic rings. The van der Waals surface area contributed by atoms with Gasteiger partial charge in [-0.15, -0.1) is 0 Å². The molecule has 0 amide bonds. The fraction of sp³-hybridized carbons (Fsp3) is 0. The highest BCUT2D eigenvalue weighted by atomic mass is 16.4. The molecule has 0 bridgehead atoms. The molecule has 0 radical (unpaired) electrons. The number of carboxylic acid groups (broad SMARTS) is 1. The van der Waals surface area contributed by atoms with Crippen molar-refractivity contribution in [3.63, 3.8) is 0 Å². The second kappa shape index (κ2) is 3.45. The summed E-state index contributed by atoms with van der Waals surface area (Å²) < 4.78 is 1.66. The average molecular weight is 204 g/mol. The normalized spacial score (nSPS) is 10.1. The van der Waals surface area contributed by atoms with Crippen LogP contribution in [-0.2, 0) is 0 Å². The van der Waals surface area contributed by atoms with Crippen molar-refractivity contribution in [1.82, 2.24) is 9.55 Å². The number of benzene rings is 1. The largest absolute Gasteiger partial charge is 0.507 e. The molecule has 0 saturated carbocycles. The Kier molecular flexibility index (Phi) is 2.13. The van der Waals surface area contributed by atoms with Gasteiger partial charge < -0.3 is 14.8 Å². The van der Waals surface area contributed by atoms with Crippen LogP contribution >= 0.6 is 0 Å². The summed E-state index contributed by atoms with van der Waals surface area (Å²) in [4.78, 5) is 14.6. The molecular formula is C10H8N2O3. The molecule has 2 rings (SSSR count). The highest BCUT2D eigenvalue weighted by molar-refractivity contribution is 5.91. The van der Waals surface area contributed by atoms with Crippen molar-refractivity contribution in [2.24, 2.45) is 0 Å². The van der Waals surface area contributed by atoms with Crippen LogP contribution in [0.2, 0.25) is 0 Å². The van der Waals surface area contributed by atoms with Gasteiger partial charge in [-0.05, 0) is 18.2 Å². The van der Waals surface area contributed by atoms with Gasteiger partial charge >= 0.3 is 5.97 Å². The molecule has 5 nitrogen and oxygen atoms in total. The van der Waals surface area contributed by atoms with Crippen molar-refractivity contribution in [2.45, 2.75) is 0 Å². The minimum absolute atomic E-state index is 0.124. The van der Waals surface area contributed by atoms with E-state index in [1.54, 1.807) is 29.4 Å². The summed E-state index contributed by atoms with van der Waals surface area (Å²) in [5.41, 5.74) is 0.518. The summed E-state index contributed by atoms with van der Waals surface area (Å²) in [6, 6.07) is 4.35. The highest BCUT2D eigenvalue weighted by Crippen LogP contribution is 2.20. The van der Waals surface area contributed by atoms with Crippen molar-refractivity contribution in [3.8, 4) is 11.4 Å². The lowest BCUT2D eigenvalue weighted by Gasteiger charge is -2.04. The number of hydrogen-bond donors (Lipinski definition) is 2. The van der Waals surface area contributed by atoms with Gasteiger partial charge in [-0.25, -0.2) is 9.78 Å². The van der Waals surface area contributed by atoms with E-state index in [9.17, 15) is 9.90 Å². The lowest BCUT2D eigenvalue weighted by Crippen LogP contribution is -1.99. The fourth-order valence-corrected chi connectivity index (χ4v) is 1.27. The van der Waals surface area contributed by atoms with Gasteiger partial charge in [0.25, 0.3) is 0 Å². The number of aromatic carboxylic acids is 1. The zero-order valence-electron chi connectivity index (χ0n) is 7.66. The third kappa shape index (κ3) is 1.67. The van der Waals surface area contributed by atoms with Gasteiger partial charge in [0, 0.05) is 18.1 Å². The van der Waals surface area contributed by atoms with Gasteiger partial charge in [-0.3, -0.25) is 0 Å². The van der Waals surface area contributed by atoms with E-state index in [0.717, 1.165) is 0 Å². The van der Waals surface area contributed by atoms with Crippen molar-refractivity contribution >= 4 is 5.97 Å². The maximum Gasteiger partial charge on any atom is 0.339 e. The molecule has 0 unspecified atom stereocenters. The summed E-state index contributed by atoms with van der Waals surface area (Å²) in [7, 11) is 0. The number of phenols is 1. The van der Waals surface area contributed by atoms with Gasteiger partial charge in [0.2, 0.25) is 0 Å². The van der Waals surface area contributed by atoms with E-state index in [1.165, 1.54) is 12.1 Å². The van der Waals surface area contributed by atoms with Crippen LogP contribution in [-0.4, -0.2) is 25.7 Å². The molecule has 0 spiro atoms. The molecule has 76 valence electrons. The summed E-state index contributed by atoms with van der Waals surface area (Å²) in [6.07, 6.45) is 4.84. The zero-order valence-corrected chi connectivity index (χ0v) is 7.66. The molecule has 0 saturated heterocycles. The molecule has 1 aromatic heterocycles. The Labute approximate surface area is 85.2 Å². The van der Waals surface area contributed by atoms with E-state index in [0.29, 0.717) is 5.69 Å². The first kappa shape index (κ1) is 9.26. The average Bonchev–Trinajstić information content (AvgIpc) is 2.71. The monoisotopic (exact) mass is 204 g/mol. The van der Waals surface area contributed by atoms with Crippen molar-refractivity contribution < 1.29 is 15.0 Å². The number of carbonyl (C=O) groups is 1. The molecular weight excluding hydrogens is 196 g/mol. The van der Waals surface area contributed by atoms with Crippen molar-refractivity contribution in [3.05, 3.63) is 42.5 Å². The number of imidazole rings is 1. The molecule has 0 fully saturated rings. The first-order valence-corrected chi connectivity index (χ1v) is 4.23. The number of aromatic nitrogens is 2. The SMILES string of the molecule is O=C(O)c1cc(-n2ccnc2)ccc1O. The van der Waals surface area contributed by atoms with E-state index in [-0.39, 0.29) is 11.3 Å². The smallest absolute Gasteiger partial charge is 0.339 e. The third-order valence-electron chi connectivity index (χ3n) is 2.01. The first-order chi connectivity index (χ1) is 7.18. The Morgan fingerprint density at radius 1 is 1.40 bits per heavy atom. The van der Waals surface area contributed by atoms with Crippen LogP contribution in [0.1, 0.15) is 10.4 Å². The Hall–Kier alpha value is -2.30. The second-order valence-corrected chi connectivity index (χ2v) is 2.98. The molecule has 5 heteroatoms. The van der Waals surface area contributed by atoms with Gasteiger partial charge in [-0.2, -0.15) is 0 Å². The fourth-order valence-electron chi connectivity index (χ4n) is 1.27. The summed E-state index contributed by atoms with van der Waals surface area (Å²) in [6.45, 7) is 0. The van der Waals surface area contributed by atoms with Gasteiger partial charge in [0.1, 0.15) is 11.3 Å². The van der Waals surface area contributed by atoms with Gasteiger partial charge in [0.05, 0.1) is 6.33 Å². The Morgan fingerprint density at radius 2 is 2.20 bits per heavy atom. The van der Waals surface area contributed by atoms with Gasteiger partial charge in [0.15, 0.2) is 0 Å². The molecule has 0 aliphatic heterocycles. The van der Waals surface area contributed by atoms with Crippen LogP contribution < -0.4 is 0 Å². The lowest BCUT2D eigenvalue weighted by molar-refractivity contribution is 0.0693. The number of nitrogens with zero attached hydrogens (tertiary/aromatic N) is 2. The highest BCUT2D eigenvalue weighted by Gasteiger charge is 2.10. The van der Waals surface area contributed by atoms with E-state index < -0.39 is 5.97 Å². The predicted molar refractivity (Wildman–Crippen MR) is 52.2 cm³/mol. The summed E-state index contributed by atoms with van der Waals surface area (Å²) in [5, 5.41) is 18.1. The summed E-state index contributed by atoms with van der Waals surface area (Å²) in [5.74, 6) is -1.40. The van der Waals surface area contributed by atoms with Crippen LogP contribution in [0.25, 0.3) is 5.69 Å². The van der Waals surface area contributed by atoms with E-state index >= 15 is 0 Å². The van der Waals surface area contributed by atoms with Crippen LogP contribution in [0.3, 0.4) is 0 Å². The summed E-state index contributed by atoms with van der Waals surface area (Å²) >= 11 is 0. The molecule has 0 aliphatic carbocycles. The minimum Gasteiger partial charge on any atom is -0.507 e. The van der Waals surface area contributed by atoms with Crippen LogP contribution in [0.4, 0.5) is 0 Å². The molecule has 1 heterocycles. The number of hydrogen-bond acceptors (Lipinski definition) is 3. The Balaban J connectivity index is 2.52. The maximum atomic E-state index is 10.8. The first-order valence-electron chi connectivity index (χ1n) is 4.23. The molecule has 0 aliphatic rings. The standard InChI is InChI=1S/C10H8N2O3/c13-9-2-1-7(5-8(9)10(14)15)12-4-3-11-6-12/h1-6,13H,(H,14,15). The predicted octanol–water partition coefficient (Wildman–Crippen LogP) is 1.28. The van der Waals surface area contributed by atoms with Crippen LogP contribution in [0.15, 0.2) is 36.9 Å². The zero-order chi connectivity index (χ0) is 10.8. The van der Waals surface area contributed by atoms with Crippen LogP contribution in [0, 0.1) is 0 Å². The molecule has 15 heavy (non-hydrogen) atoms. The molecule has 2 N–H and O–H groups in total. The maximum absolute atomic E-state index is 10.8. The van der Waals surface area contributed by atoms with Gasteiger partial charge in [-0.1, -0.05) is 0 Å². The quantitative estimate of drug-likeness (QED) is 0.772. The molecule has 0 atom stereocenters. The van der Waals surface area contributed by atoms with E-state index in [1.807, 2.05) is 0 Å². The van der Waals surface area contributed by atoms with Crippen LogP contribution in [0.5, 0.6) is 5.75 Å². The number of rotatable bonds is 2. The second-order valence-electron chi connectivity index (χ2n) is 2.98. The third-order valence-corrected chi connectivity index (χ3v) is 2.01. The molecule has 1 aromatic carbocycles. The van der Waals surface area contributed by atoms with E-state index in [2.05, 4.69) is 4.98 Å². The number of aromatic hydroxyl groups is 1. The topological polar surface area (TPSA) is 75.3 Å². The van der Waals surface area contributed by atoms with Crippen molar-refractivity contribution in [1.29, 1.82) is 0 Å².